The number of benzene rings is 2. The van der Waals surface area contributed by atoms with E-state index in [4.69, 9.17) is 11.6 Å². The molecule has 0 spiro atoms. The van der Waals surface area contributed by atoms with E-state index in [1.807, 2.05) is 0 Å². The van der Waals surface area contributed by atoms with Gasteiger partial charge >= 0.3 is 0 Å². The van der Waals surface area contributed by atoms with E-state index in [2.05, 4.69) is 20.7 Å². The quantitative estimate of drug-likeness (QED) is 0.776. The highest BCUT2D eigenvalue weighted by Crippen LogP contribution is 2.25. The number of alkyl halides is 1. The van der Waals surface area contributed by atoms with Gasteiger partial charge in [0.25, 0.3) is 10.0 Å². The standard InChI is InChI=1S/C14H12BrClFNO2S/c15-13-9-11(17)3-6-14(13)18-21(19,20)12-4-1-10(2-5-12)7-8-16/h1-6,9,18H,7-8H2. The molecule has 2 aromatic carbocycles. The third-order valence-electron chi connectivity index (χ3n) is 2.79. The fraction of sp³-hybridized carbons (Fsp3) is 0.143. The van der Waals surface area contributed by atoms with Crippen LogP contribution in [0.15, 0.2) is 51.8 Å². The Morgan fingerprint density at radius 2 is 1.81 bits per heavy atom. The van der Waals surface area contributed by atoms with Crippen molar-refractivity contribution in [1.82, 2.24) is 0 Å². The molecule has 3 nitrogen and oxygen atoms in total. The number of aryl methyl sites for hydroxylation is 1. The van der Waals surface area contributed by atoms with Crippen molar-refractivity contribution in [3.63, 3.8) is 0 Å². The van der Waals surface area contributed by atoms with Gasteiger partial charge in [-0.15, -0.1) is 11.6 Å². The minimum Gasteiger partial charge on any atom is -0.278 e. The predicted molar refractivity (Wildman–Crippen MR) is 85.8 cm³/mol. The van der Waals surface area contributed by atoms with Crippen molar-refractivity contribution < 1.29 is 12.8 Å². The highest BCUT2D eigenvalue weighted by atomic mass is 79.9. The van der Waals surface area contributed by atoms with Crippen LogP contribution in [0.4, 0.5) is 10.1 Å². The maximum Gasteiger partial charge on any atom is 0.261 e. The number of hydrogen-bond acceptors (Lipinski definition) is 2. The van der Waals surface area contributed by atoms with Crippen LogP contribution in [0.5, 0.6) is 0 Å². The van der Waals surface area contributed by atoms with E-state index in [-0.39, 0.29) is 10.6 Å². The third-order valence-corrected chi connectivity index (χ3v) is 5.02. The first-order valence-electron chi connectivity index (χ1n) is 6.05. The van der Waals surface area contributed by atoms with Gasteiger partial charge in [-0.3, -0.25) is 4.72 Å². The lowest BCUT2D eigenvalue weighted by Gasteiger charge is -2.10. The zero-order valence-electron chi connectivity index (χ0n) is 10.8. The van der Waals surface area contributed by atoms with Crippen LogP contribution in [-0.2, 0) is 16.4 Å². The Bertz CT molecular complexity index is 735. The summed E-state index contributed by atoms with van der Waals surface area (Å²) in [6, 6.07) is 10.2. The van der Waals surface area contributed by atoms with Crippen molar-refractivity contribution >= 4 is 43.2 Å². The molecule has 0 heterocycles. The van der Waals surface area contributed by atoms with Crippen LogP contribution in [-0.4, -0.2) is 14.3 Å². The van der Waals surface area contributed by atoms with E-state index in [0.29, 0.717) is 16.8 Å². The van der Waals surface area contributed by atoms with E-state index < -0.39 is 15.8 Å². The number of rotatable bonds is 5. The SMILES string of the molecule is O=S(=O)(Nc1ccc(F)cc1Br)c1ccc(CCCl)cc1. The highest BCUT2D eigenvalue weighted by molar-refractivity contribution is 9.10. The second-order valence-corrected chi connectivity index (χ2v) is 7.23. The molecule has 2 aromatic rings. The van der Waals surface area contributed by atoms with E-state index in [1.54, 1.807) is 12.1 Å². The molecular weight excluding hydrogens is 381 g/mol. The Morgan fingerprint density at radius 1 is 1.14 bits per heavy atom. The molecule has 0 aromatic heterocycles. The zero-order chi connectivity index (χ0) is 15.5. The summed E-state index contributed by atoms with van der Waals surface area (Å²) >= 11 is 8.76. The molecule has 0 fully saturated rings. The van der Waals surface area contributed by atoms with Gasteiger partial charge in [-0.05, 0) is 58.2 Å². The minimum atomic E-state index is -3.72. The second kappa shape index (κ2) is 6.77. The Kier molecular flexibility index (Phi) is 5.24. The first-order valence-corrected chi connectivity index (χ1v) is 8.86. The highest BCUT2D eigenvalue weighted by Gasteiger charge is 2.15. The number of anilines is 1. The summed E-state index contributed by atoms with van der Waals surface area (Å²) in [5.74, 6) is 0.0302. The lowest BCUT2D eigenvalue weighted by molar-refractivity contribution is 0.601. The second-order valence-electron chi connectivity index (χ2n) is 4.31. The van der Waals surface area contributed by atoms with Crippen LogP contribution in [0.2, 0.25) is 0 Å². The molecule has 1 N–H and O–H groups in total. The summed E-state index contributed by atoms with van der Waals surface area (Å²) < 4.78 is 40.3. The fourth-order valence-electron chi connectivity index (χ4n) is 1.72. The first-order chi connectivity index (χ1) is 9.92. The number of sulfonamides is 1. The molecule has 0 radical (unpaired) electrons. The molecule has 21 heavy (non-hydrogen) atoms. The van der Waals surface area contributed by atoms with Crippen LogP contribution in [0.1, 0.15) is 5.56 Å². The van der Waals surface area contributed by atoms with Gasteiger partial charge in [0.1, 0.15) is 5.82 Å². The molecule has 0 aliphatic heterocycles. The lowest BCUT2D eigenvalue weighted by atomic mass is 10.2. The topological polar surface area (TPSA) is 46.2 Å². The van der Waals surface area contributed by atoms with E-state index in [1.165, 1.54) is 30.3 Å². The smallest absolute Gasteiger partial charge is 0.261 e. The molecule has 0 unspecified atom stereocenters. The van der Waals surface area contributed by atoms with E-state index >= 15 is 0 Å². The normalized spacial score (nSPS) is 11.4. The molecule has 7 heteroatoms. The largest absolute Gasteiger partial charge is 0.278 e. The average Bonchev–Trinajstić information content (AvgIpc) is 2.43. The number of nitrogens with one attached hydrogen (secondary N) is 1. The molecular formula is C14H12BrClFNO2S. The molecule has 0 atom stereocenters. The maximum atomic E-state index is 13.0. The summed E-state index contributed by atoms with van der Waals surface area (Å²) in [7, 11) is -3.72. The van der Waals surface area contributed by atoms with Crippen molar-refractivity contribution in [1.29, 1.82) is 0 Å². The van der Waals surface area contributed by atoms with Crippen LogP contribution in [0, 0.1) is 5.82 Å². The monoisotopic (exact) mass is 391 g/mol. The van der Waals surface area contributed by atoms with E-state index in [0.717, 1.165) is 5.56 Å². The maximum absolute atomic E-state index is 13.0. The summed E-state index contributed by atoms with van der Waals surface area (Å²) in [5.41, 5.74) is 1.24. The van der Waals surface area contributed by atoms with Crippen LogP contribution >= 0.6 is 27.5 Å². The Labute approximate surface area is 136 Å². The number of hydrogen-bond donors (Lipinski definition) is 1. The molecule has 2 rings (SSSR count). The van der Waals surface area contributed by atoms with Gasteiger partial charge in [0, 0.05) is 10.4 Å². The zero-order valence-corrected chi connectivity index (χ0v) is 14.0. The van der Waals surface area contributed by atoms with Gasteiger partial charge < -0.3 is 0 Å². The van der Waals surface area contributed by atoms with Gasteiger partial charge in [-0.1, -0.05) is 12.1 Å². The Balaban J connectivity index is 2.25. The first kappa shape index (κ1) is 16.3. The molecule has 0 aliphatic carbocycles. The van der Waals surface area contributed by atoms with Crippen molar-refractivity contribution in [2.24, 2.45) is 0 Å². The molecule has 0 saturated carbocycles. The third kappa shape index (κ3) is 4.18. The summed E-state index contributed by atoms with van der Waals surface area (Å²) in [4.78, 5) is 0.136. The van der Waals surface area contributed by atoms with E-state index in [9.17, 15) is 12.8 Å². The van der Waals surface area contributed by atoms with Crippen LogP contribution in [0.3, 0.4) is 0 Å². The molecule has 0 aliphatic rings. The lowest BCUT2D eigenvalue weighted by Crippen LogP contribution is -2.13. The summed E-state index contributed by atoms with van der Waals surface area (Å²) in [6.07, 6.45) is 0.679. The fourth-order valence-corrected chi connectivity index (χ4v) is 3.60. The van der Waals surface area contributed by atoms with Crippen molar-refractivity contribution in [2.45, 2.75) is 11.3 Å². The molecule has 0 bridgehead atoms. The Morgan fingerprint density at radius 3 is 2.38 bits per heavy atom. The van der Waals surface area contributed by atoms with Gasteiger partial charge in [0.05, 0.1) is 10.6 Å². The van der Waals surface area contributed by atoms with Crippen molar-refractivity contribution in [2.75, 3.05) is 10.6 Å². The van der Waals surface area contributed by atoms with Gasteiger partial charge in [-0.25, -0.2) is 12.8 Å². The van der Waals surface area contributed by atoms with Crippen LogP contribution < -0.4 is 4.72 Å². The van der Waals surface area contributed by atoms with Gasteiger partial charge in [0.2, 0.25) is 0 Å². The predicted octanol–water partition coefficient (Wildman–Crippen LogP) is 4.17. The molecule has 112 valence electrons. The van der Waals surface area contributed by atoms with Crippen molar-refractivity contribution in [3.05, 3.63) is 58.3 Å². The summed E-state index contributed by atoms with van der Waals surface area (Å²) in [6.45, 7) is 0. The minimum absolute atomic E-state index is 0.136. The molecule has 0 saturated heterocycles. The van der Waals surface area contributed by atoms with Gasteiger partial charge in [-0.2, -0.15) is 0 Å². The van der Waals surface area contributed by atoms with Gasteiger partial charge in [0.15, 0.2) is 0 Å². The van der Waals surface area contributed by atoms with Crippen molar-refractivity contribution in [3.8, 4) is 0 Å². The molecule has 0 amide bonds. The number of halogens is 3. The average molecular weight is 393 g/mol. The summed E-state index contributed by atoms with van der Waals surface area (Å²) in [5, 5.41) is 0. The Hall–Kier alpha value is -1.11. The van der Waals surface area contributed by atoms with Crippen LogP contribution in [0.25, 0.3) is 0 Å².